The second kappa shape index (κ2) is 7.75. The first-order valence-electron chi connectivity index (χ1n) is 11.6. The summed E-state index contributed by atoms with van der Waals surface area (Å²) in [5.41, 5.74) is 0.655. The van der Waals surface area contributed by atoms with Gasteiger partial charge in [-0.1, -0.05) is 42.0 Å². The number of halogens is 1. The first-order chi connectivity index (χ1) is 16.8. The van der Waals surface area contributed by atoms with Gasteiger partial charge in [0.15, 0.2) is 0 Å². The zero-order valence-corrected chi connectivity index (χ0v) is 19.6. The third-order valence-corrected chi connectivity index (χ3v) is 8.49. The van der Waals surface area contributed by atoms with Crippen LogP contribution in [0.1, 0.15) is 22.3 Å². The van der Waals surface area contributed by atoms with Gasteiger partial charge in [-0.25, -0.2) is 0 Å². The fourth-order valence-corrected chi connectivity index (χ4v) is 6.45. The summed E-state index contributed by atoms with van der Waals surface area (Å²) in [5.74, 6) is -0.985. The molecule has 3 amide bonds. The molecule has 0 aromatic heterocycles. The van der Waals surface area contributed by atoms with E-state index in [1.165, 1.54) is 29.2 Å². The number of anilines is 1. The number of likely N-dealkylation sites (tertiary alicyclic amines) is 1. The van der Waals surface area contributed by atoms with Crippen LogP contribution in [0.4, 0.5) is 11.4 Å². The number of amides is 3. The van der Waals surface area contributed by atoms with Gasteiger partial charge in [0.25, 0.3) is 11.6 Å². The Balaban J connectivity index is 1.38. The third kappa shape index (κ3) is 3.23. The van der Waals surface area contributed by atoms with Crippen LogP contribution in [0.5, 0.6) is 0 Å². The second-order valence-corrected chi connectivity index (χ2v) is 10.2. The quantitative estimate of drug-likeness (QED) is 0.270. The number of para-hydroxylation sites is 1. The van der Waals surface area contributed by atoms with Gasteiger partial charge < -0.3 is 0 Å². The summed E-state index contributed by atoms with van der Waals surface area (Å²) in [5, 5.41) is 12.0. The summed E-state index contributed by atoms with van der Waals surface area (Å²) < 4.78 is 0. The Kier molecular flexibility index (Phi) is 4.86. The Morgan fingerprint density at radius 2 is 1.71 bits per heavy atom. The van der Waals surface area contributed by atoms with Crippen molar-refractivity contribution in [2.24, 2.45) is 35.5 Å². The standard InChI is InChI=1S/C26H22ClN3O5/c1-13-6-7-14(10-20(13)27)28(24(31)17-4-2-3-5-21(17)30(34)35)12-29-25(32)22-15-8-9-16(19-11-18(15)19)23(22)26(29)33/h2-10,15-16,18-19,22-23H,11-12H2,1H3. The van der Waals surface area contributed by atoms with E-state index in [2.05, 4.69) is 12.2 Å². The van der Waals surface area contributed by atoms with Gasteiger partial charge in [0, 0.05) is 16.8 Å². The van der Waals surface area contributed by atoms with Crippen molar-refractivity contribution in [1.82, 2.24) is 4.90 Å². The Morgan fingerprint density at radius 1 is 1.09 bits per heavy atom. The molecular weight excluding hydrogens is 470 g/mol. The zero-order chi connectivity index (χ0) is 24.6. The number of rotatable bonds is 5. The molecule has 2 bridgehead atoms. The van der Waals surface area contributed by atoms with Gasteiger partial charge in [-0.3, -0.25) is 34.3 Å². The van der Waals surface area contributed by atoms with Crippen molar-refractivity contribution in [3.63, 3.8) is 0 Å². The van der Waals surface area contributed by atoms with Crippen LogP contribution < -0.4 is 4.90 Å². The van der Waals surface area contributed by atoms with Crippen molar-refractivity contribution >= 4 is 40.7 Å². The average molecular weight is 492 g/mol. The molecule has 0 spiro atoms. The molecule has 3 fully saturated rings. The van der Waals surface area contributed by atoms with E-state index in [1.807, 2.05) is 6.92 Å². The molecule has 4 aliphatic carbocycles. The summed E-state index contributed by atoms with van der Waals surface area (Å²) in [6.45, 7) is 1.48. The summed E-state index contributed by atoms with van der Waals surface area (Å²) in [7, 11) is 0. The van der Waals surface area contributed by atoms with E-state index in [4.69, 9.17) is 11.6 Å². The minimum atomic E-state index is -0.684. The van der Waals surface area contributed by atoms with Crippen LogP contribution in [-0.2, 0) is 9.59 Å². The smallest absolute Gasteiger partial charge is 0.282 e. The predicted molar refractivity (Wildman–Crippen MR) is 128 cm³/mol. The molecule has 1 aliphatic heterocycles. The molecule has 2 saturated carbocycles. The van der Waals surface area contributed by atoms with E-state index < -0.39 is 22.7 Å². The number of benzene rings is 2. The van der Waals surface area contributed by atoms with Crippen LogP contribution in [0.2, 0.25) is 5.02 Å². The maximum atomic E-state index is 13.7. The number of hydrogen-bond donors (Lipinski definition) is 0. The molecule has 6 atom stereocenters. The lowest BCUT2D eigenvalue weighted by atomic mass is 9.63. The van der Waals surface area contributed by atoms with Crippen molar-refractivity contribution in [3.05, 3.63) is 80.9 Å². The van der Waals surface area contributed by atoms with Gasteiger partial charge in [-0.05, 0) is 60.8 Å². The number of imide groups is 1. The zero-order valence-electron chi connectivity index (χ0n) is 18.8. The van der Waals surface area contributed by atoms with Gasteiger partial charge in [-0.2, -0.15) is 0 Å². The van der Waals surface area contributed by atoms with Crippen LogP contribution in [-0.4, -0.2) is 34.2 Å². The number of carbonyl (C=O) groups excluding carboxylic acids is 3. The maximum absolute atomic E-state index is 13.7. The number of nitro groups is 1. The lowest BCUT2D eigenvalue weighted by Crippen LogP contribution is -2.45. The van der Waals surface area contributed by atoms with Crippen LogP contribution in [0.15, 0.2) is 54.6 Å². The fourth-order valence-electron chi connectivity index (χ4n) is 6.27. The van der Waals surface area contributed by atoms with Gasteiger partial charge in [0.1, 0.15) is 12.2 Å². The molecule has 5 aliphatic rings. The fraction of sp³-hybridized carbons (Fsp3) is 0.346. The minimum Gasteiger partial charge on any atom is -0.289 e. The van der Waals surface area contributed by atoms with Crippen LogP contribution in [0.25, 0.3) is 0 Å². The van der Waals surface area contributed by atoms with Crippen LogP contribution in [0.3, 0.4) is 0 Å². The van der Waals surface area contributed by atoms with E-state index in [1.54, 1.807) is 18.2 Å². The van der Waals surface area contributed by atoms with Crippen LogP contribution >= 0.6 is 11.6 Å². The van der Waals surface area contributed by atoms with E-state index in [-0.39, 0.29) is 41.6 Å². The normalized spacial score (nSPS) is 29.7. The summed E-state index contributed by atoms with van der Waals surface area (Å²) in [6, 6.07) is 10.6. The molecule has 2 aromatic carbocycles. The minimum absolute atomic E-state index is 0.0598. The van der Waals surface area contributed by atoms with Crippen molar-refractivity contribution < 1.29 is 19.3 Å². The second-order valence-electron chi connectivity index (χ2n) is 9.84. The van der Waals surface area contributed by atoms with Gasteiger partial charge in [0.05, 0.1) is 16.8 Å². The largest absolute Gasteiger partial charge is 0.289 e. The van der Waals surface area contributed by atoms with Crippen LogP contribution in [0, 0.1) is 52.5 Å². The summed E-state index contributed by atoms with van der Waals surface area (Å²) >= 11 is 6.33. The summed E-state index contributed by atoms with van der Waals surface area (Å²) in [4.78, 5) is 54.1. The highest BCUT2D eigenvalue weighted by atomic mass is 35.5. The monoisotopic (exact) mass is 491 g/mol. The summed E-state index contributed by atoms with van der Waals surface area (Å²) in [6.07, 6.45) is 5.23. The van der Waals surface area contributed by atoms with Crippen molar-refractivity contribution in [2.45, 2.75) is 13.3 Å². The van der Waals surface area contributed by atoms with E-state index in [0.29, 0.717) is 22.5 Å². The van der Waals surface area contributed by atoms with Crippen molar-refractivity contribution in [3.8, 4) is 0 Å². The lowest BCUT2D eigenvalue weighted by Gasteiger charge is -2.37. The highest BCUT2D eigenvalue weighted by Crippen LogP contribution is 2.65. The number of hydrogen-bond acceptors (Lipinski definition) is 5. The number of aryl methyl sites for hydroxylation is 1. The van der Waals surface area contributed by atoms with E-state index in [9.17, 15) is 24.5 Å². The third-order valence-electron chi connectivity index (χ3n) is 8.08. The van der Waals surface area contributed by atoms with Gasteiger partial charge in [-0.15, -0.1) is 0 Å². The molecule has 0 radical (unpaired) electrons. The first kappa shape index (κ1) is 22.0. The molecule has 9 heteroatoms. The Labute approximate surface area is 206 Å². The molecule has 1 heterocycles. The molecule has 35 heavy (non-hydrogen) atoms. The average Bonchev–Trinajstić information content (AvgIpc) is 3.64. The molecule has 8 nitrogen and oxygen atoms in total. The molecule has 1 saturated heterocycles. The number of carbonyl (C=O) groups is 3. The Bertz CT molecular complexity index is 1300. The first-order valence-corrected chi connectivity index (χ1v) is 12.0. The SMILES string of the molecule is Cc1ccc(N(CN2C(=O)C3C4C=CC(C5CC45)C3C2=O)C(=O)c2ccccc2[N+](=O)[O-])cc1Cl. The highest BCUT2D eigenvalue weighted by Gasteiger charge is 2.67. The molecule has 178 valence electrons. The molecule has 2 aromatic rings. The topological polar surface area (TPSA) is 101 Å². The van der Waals surface area contributed by atoms with Crippen molar-refractivity contribution in [1.29, 1.82) is 0 Å². The maximum Gasteiger partial charge on any atom is 0.282 e. The van der Waals surface area contributed by atoms with Crippen molar-refractivity contribution in [2.75, 3.05) is 11.6 Å². The van der Waals surface area contributed by atoms with E-state index >= 15 is 0 Å². The van der Waals surface area contributed by atoms with E-state index in [0.717, 1.165) is 16.9 Å². The Hall–Kier alpha value is -3.52. The molecule has 6 unspecified atom stereocenters. The Morgan fingerprint density at radius 3 is 2.31 bits per heavy atom. The number of nitro benzene ring substituents is 1. The molecule has 7 rings (SSSR count). The predicted octanol–water partition coefficient (Wildman–Crippen LogP) is 4.21. The molecule has 0 N–H and O–H groups in total. The van der Waals surface area contributed by atoms with Gasteiger partial charge in [0.2, 0.25) is 11.8 Å². The number of nitrogens with zero attached hydrogens (tertiary/aromatic N) is 3. The number of allylic oxidation sites excluding steroid dienone is 2. The highest BCUT2D eigenvalue weighted by molar-refractivity contribution is 6.31. The van der Waals surface area contributed by atoms with Gasteiger partial charge >= 0.3 is 0 Å². The molecular formula is C26H22ClN3O5. The lowest BCUT2D eigenvalue weighted by molar-refractivity contribution is -0.385.